The van der Waals surface area contributed by atoms with Gasteiger partial charge in [0.25, 0.3) is 10.0 Å². The van der Waals surface area contributed by atoms with Crippen LogP contribution in [-0.2, 0) is 10.0 Å². The zero-order chi connectivity index (χ0) is 13.3. The van der Waals surface area contributed by atoms with Crippen LogP contribution >= 0.6 is 38.9 Å². The van der Waals surface area contributed by atoms with Crippen LogP contribution in [0.15, 0.2) is 38.3 Å². The average Bonchev–Trinajstić information content (AvgIpc) is 2.63. The Labute approximate surface area is 121 Å². The molecule has 0 saturated heterocycles. The third-order valence-corrected chi connectivity index (χ3v) is 6.32. The number of sulfonamides is 1. The van der Waals surface area contributed by atoms with Crippen LogP contribution in [0, 0.1) is 5.82 Å². The highest BCUT2D eigenvalue weighted by atomic mass is 79.9. The lowest BCUT2D eigenvalue weighted by atomic mass is 10.3. The molecule has 96 valence electrons. The highest BCUT2D eigenvalue weighted by Crippen LogP contribution is 2.35. The third-order valence-electron chi connectivity index (χ3n) is 2.01. The van der Waals surface area contributed by atoms with E-state index in [-0.39, 0.29) is 9.90 Å². The lowest BCUT2D eigenvalue weighted by Gasteiger charge is -2.06. The van der Waals surface area contributed by atoms with Crippen molar-refractivity contribution in [2.24, 2.45) is 0 Å². The Bertz CT molecular complexity index is 667. The van der Waals surface area contributed by atoms with Gasteiger partial charge < -0.3 is 0 Å². The van der Waals surface area contributed by atoms with Gasteiger partial charge in [0.1, 0.15) is 10.0 Å². The van der Waals surface area contributed by atoms with E-state index in [4.69, 9.17) is 11.6 Å². The lowest BCUT2D eigenvalue weighted by molar-refractivity contribution is 0.600. The maximum absolute atomic E-state index is 13.4. The predicted octanol–water partition coefficient (Wildman–Crippen LogP) is 4.10. The molecule has 0 unspecified atom stereocenters. The standard InChI is InChI=1S/C10H6BrClFNO2S2/c11-10-6(12)5-9(17-10)18(15,16)14-8-4-2-1-3-7(8)13/h1-5,14H. The quantitative estimate of drug-likeness (QED) is 0.884. The van der Waals surface area contributed by atoms with Crippen LogP contribution in [0.3, 0.4) is 0 Å². The second-order valence-electron chi connectivity index (χ2n) is 3.27. The first-order chi connectivity index (χ1) is 8.40. The van der Waals surface area contributed by atoms with Gasteiger partial charge in [-0.1, -0.05) is 23.7 Å². The van der Waals surface area contributed by atoms with Gasteiger partial charge >= 0.3 is 0 Å². The third kappa shape index (κ3) is 2.85. The molecular formula is C10H6BrClFNO2S2. The van der Waals surface area contributed by atoms with Crippen molar-refractivity contribution in [3.05, 3.63) is 45.0 Å². The SMILES string of the molecule is O=S(=O)(Nc1ccccc1F)c1cc(Cl)c(Br)s1. The van der Waals surface area contributed by atoms with Gasteiger partial charge in [-0.25, -0.2) is 12.8 Å². The zero-order valence-electron chi connectivity index (χ0n) is 8.65. The van der Waals surface area contributed by atoms with Crippen molar-refractivity contribution in [3.63, 3.8) is 0 Å². The Morgan fingerprint density at radius 1 is 1.33 bits per heavy atom. The molecule has 2 rings (SSSR count). The minimum Gasteiger partial charge on any atom is -0.276 e. The molecule has 0 aliphatic rings. The van der Waals surface area contributed by atoms with Crippen molar-refractivity contribution in [3.8, 4) is 0 Å². The summed E-state index contributed by atoms with van der Waals surface area (Å²) in [6, 6.07) is 6.84. The predicted molar refractivity (Wildman–Crippen MR) is 74.2 cm³/mol. The molecule has 3 nitrogen and oxygen atoms in total. The van der Waals surface area contributed by atoms with E-state index in [1.165, 1.54) is 30.3 Å². The van der Waals surface area contributed by atoms with E-state index in [9.17, 15) is 12.8 Å². The van der Waals surface area contributed by atoms with Crippen molar-refractivity contribution >= 4 is 54.6 Å². The summed E-state index contributed by atoms with van der Waals surface area (Å²) in [5.74, 6) is -0.636. The van der Waals surface area contributed by atoms with Crippen molar-refractivity contribution in [2.75, 3.05) is 4.72 Å². The number of anilines is 1. The monoisotopic (exact) mass is 369 g/mol. The fourth-order valence-electron chi connectivity index (χ4n) is 1.20. The Kier molecular flexibility index (Phi) is 3.96. The molecule has 0 spiro atoms. The molecule has 0 bridgehead atoms. The van der Waals surface area contributed by atoms with Gasteiger partial charge in [0.2, 0.25) is 0 Å². The molecule has 0 atom stereocenters. The van der Waals surface area contributed by atoms with Crippen LogP contribution in [0.1, 0.15) is 0 Å². The molecule has 8 heteroatoms. The smallest absolute Gasteiger partial charge is 0.271 e. The van der Waals surface area contributed by atoms with Crippen molar-refractivity contribution in [2.45, 2.75) is 4.21 Å². The first-order valence-electron chi connectivity index (χ1n) is 4.62. The minimum atomic E-state index is -3.82. The van der Waals surface area contributed by atoms with Crippen molar-refractivity contribution < 1.29 is 12.8 Å². The second kappa shape index (κ2) is 5.16. The van der Waals surface area contributed by atoms with Crippen LogP contribution in [0.4, 0.5) is 10.1 Å². The van der Waals surface area contributed by atoms with Gasteiger partial charge in [-0.05, 0) is 34.1 Å². The molecule has 18 heavy (non-hydrogen) atoms. The number of rotatable bonds is 3. The molecule has 0 amide bonds. The van der Waals surface area contributed by atoms with Crippen LogP contribution in [-0.4, -0.2) is 8.42 Å². The first kappa shape index (κ1) is 13.8. The molecular weight excluding hydrogens is 365 g/mol. The summed E-state index contributed by atoms with van der Waals surface area (Å²) in [4.78, 5) is 0. The molecule has 2 aromatic rings. The summed E-state index contributed by atoms with van der Waals surface area (Å²) in [7, 11) is -3.82. The molecule has 1 aromatic carbocycles. The van der Waals surface area contributed by atoms with Crippen LogP contribution in [0.5, 0.6) is 0 Å². The Morgan fingerprint density at radius 3 is 2.56 bits per heavy atom. The summed E-state index contributed by atoms with van der Waals surface area (Å²) in [6.45, 7) is 0. The molecule has 0 radical (unpaired) electrons. The molecule has 0 fully saturated rings. The number of para-hydroxylation sites is 1. The van der Waals surface area contributed by atoms with Crippen LogP contribution < -0.4 is 4.72 Å². The van der Waals surface area contributed by atoms with Gasteiger partial charge in [-0.3, -0.25) is 4.72 Å². The Hall–Kier alpha value is -0.630. The normalized spacial score (nSPS) is 11.5. The van der Waals surface area contributed by atoms with Crippen molar-refractivity contribution in [1.82, 2.24) is 0 Å². The van der Waals surface area contributed by atoms with E-state index in [1.54, 1.807) is 0 Å². The highest BCUT2D eigenvalue weighted by molar-refractivity contribution is 9.11. The van der Waals surface area contributed by atoms with E-state index in [2.05, 4.69) is 20.7 Å². The van der Waals surface area contributed by atoms with E-state index in [1.807, 2.05) is 0 Å². The number of hydrogen-bond donors (Lipinski definition) is 1. The fraction of sp³-hybridized carbons (Fsp3) is 0. The number of halogens is 3. The largest absolute Gasteiger partial charge is 0.276 e. The van der Waals surface area contributed by atoms with E-state index in [0.29, 0.717) is 8.81 Å². The highest BCUT2D eigenvalue weighted by Gasteiger charge is 2.20. The molecule has 1 heterocycles. The van der Waals surface area contributed by atoms with Gasteiger partial charge in [0.05, 0.1) is 14.5 Å². The Morgan fingerprint density at radius 2 is 2.00 bits per heavy atom. The summed E-state index contributed by atoms with van der Waals surface area (Å²) in [5.41, 5.74) is -0.0989. The zero-order valence-corrected chi connectivity index (χ0v) is 12.6. The van der Waals surface area contributed by atoms with Crippen LogP contribution in [0.2, 0.25) is 5.02 Å². The lowest BCUT2D eigenvalue weighted by Crippen LogP contribution is -2.12. The van der Waals surface area contributed by atoms with E-state index < -0.39 is 15.8 Å². The molecule has 1 N–H and O–H groups in total. The second-order valence-corrected chi connectivity index (χ2v) is 7.96. The number of nitrogens with one attached hydrogen (secondary N) is 1. The number of hydrogen-bond acceptors (Lipinski definition) is 3. The topological polar surface area (TPSA) is 46.2 Å². The summed E-state index contributed by atoms with van der Waals surface area (Å²) >= 11 is 9.85. The van der Waals surface area contributed by atoms with Gasteiger partial charge in [0, 0.05) is 0 Å². The number of benzene rings is 1. The maximum Gasteiger partial charge on any atom is 0.271 e. The summed E-state index contributed by atoms with van der Waals surface area (Å²) < 4.78 is 40.0. The molecule has 0 saturated carbocycles. The molecule has 1 aromatic heterocycles. The van der Waals surface area contributed by atoms with Gasteiger partial charge in [-0.15, -0.1) is 11.3 Å². The Balaban J connectivity index is 2.36. The average molecular weight is 371 g/mol. The first-order valence-corrected chi connectivity index (χ1v) is 8.09. The number of thiophene rings is 1. The maximum atomic E-state index is 13.4. The minimum absolute atomic E-state index is 0.0163. The molecule has 0 aliphatic heterocycles. The fourth-order valence-corrected chi connectivity index (χ4v) is 4.66. The van der Waals surface area contributed by atoms with Crippen molar-refractivity contribution in [1.29, 1.82) is 0 Å². The van der Waals surface area contributed by atoms with Crippen LogP contribution in [0.25, 0.3) is 0 Å². The van der Waals surface area contributed by atoms with E-state index in [0.717, 1.165) is 11.3 Å². The molecule has 0 aliphatic carbocycles. The van der Waals surface area contributed by atoms with Gasteiger partial charge in [-0.2, -0.15) is 0 Å². The van der Waals surface area contributed by atoms with Gasteiger partial charge in [0.15, 0.2) is 0 Å². The van der Waals surface area contributed by atoms with E-state index >= 15 is 0 Å². The summed E-state index contributed by atoms with van der Waals surface area (Å²) in [6.07, 6.45) is 0. The summed E-state index contributed by atoms with van der Waals surface area (Å²) in [5, 5.41) is 0.300.